The Balaban J connectivity index is 1.83. The lowest BCUT2D eigenvalue weighted by molar-refractivity contribution is 0.454. The summed E-state index contributed by atoms with van der Waals surface area (Å²) in [6.45, 7) is 0.242. The minimum atomic E-state index is -0.294. The summed E-state index contributed by atoms with van der Waals surface area (Å²) < 4.78 is 15.8. The minimum Gasteiger partial charge on any atom is -0.493 e. The third-order valence-corrected chi connectivity index (χ3v) is 3.98. The molecule has 0 amide bonds. The van der Waals surface area contributed by atoms with Gasteiger partial charge in [0.2, 0.25) is 5.88 Å². The predicted octanol–water partition coefficient (Wildman–Crippen LogP) is 3.90. The first-order valence-corrected chi connectivity index (χ1v) is 8.10. The fourth-order valence-corrected chi connectivity index (χ4v) is 2.74. The molecule has 0 saturated carbocycles. The molecule has 4 aromatic rings. The summed E-state index contributed by atoms with van der Waals surface area (Å²) in [7, 11) is 0. The van der Waals surface area contributed by atoms with Gasteiger partial charge >= 0.3 is 0 Å². The van der Waals surface area contributed by atoms with E-state index in [2.05, 4.69) is 15.1 Å². The zero-order valence-corrected chi connectivity index (χ0v) is 13.7. The first-order valence-electron chi connectivity index (χ1n) is 8.10. The first kappa shape index (κ1) is 16.0. The molecule has 0 aliphatic heterocycles. The second-order valence-electron chi connectivity index (χ2n) is 5.76. The van der Waals surface area contributed by atoms with E-state index in [1.165, 1.54) is 12.1 Å². The van der Waals surface area contributed by atoms with E-state index in [-0.39, 0.29) is 18.2 Å². The summed E-state index contributed by atoms with van der Waals surface area (Å²) in [5.41, 5.74) is 3.11. The van der Waals surface area contributed by atoms with Gasteiger partial charge < -0.3 is 5.11 Å². The van der Waals surface area contributed by atoms with Gasteiger partial charge in [0, 0.05) is 17.8 Å². The van der Waals surface area contributed by atoms with Crippen molar-refractivity contribution in [3.8, 4) is 28.7 Å². The van der Waals surface area contributed by atoms with Gasteiger partial charge in [0.25, 0.3) is 0 Å². The van der Waals surface area contributed by atoms with Gasteiger partial charge in [0.15, 0.2) is 0 Å². The van der Waals surface area contributed by atoms with E-state index in [4.69, 9.17) is 0 Å². The summed E-state index contributed by atoms with van der Waals surface area (Å²) in [6.07, 6.45) is 1.69. The number of nitrogens with zero attached hydrogens (tertiary/aromatic N) is 4. The average molecular weight is 346 g/mol. The molecule has 0 atom stereocenters. The van der Waals surface area contributed by atoms with Crippen LogP contribution in [0.25, 0.3) is 22.8 Å². The van der Waals surface area contributed by atoms with Gasteiger partial charge in [-0.3, -0.25) is 9.67 Å². The number of hydrogen-bond donors (Lipinski definition) is 1. The molecule has 0 unspecified atom stereocenters. The average Bonchev–Trinajstić information content (AvgIpc) is 3.08. The van der Waals surface area contributed by atoms with Crippen molar-refractivity contribution in [3.63, 3.8) is 0 Å². The molecule has 0 bridgehead atoms. The Kier molecular flexibility index (Phi) is 4.15. The van der Waals surface area contributed by atoms with Crippen LogP contribution in [0.3, 0.4) is 0 Å². The fraction of sp³-hybridized carbons (Fsp3) is 0.0500. The number of aromatic hydroxyl groups is 1. The maximum atomic E-state index is 14.1. The molecule has 1 aromatic carbocycles. The molecule has 3 aromatic heterocycles. The molecule has 6 heteroatoms. The van der Waals surface area contributed by atoms with Crippen LogP contribution in [-0.2, 0) is 6.54 Å². The van der Waals surface area contributed by atoms with Crippen LogP contribution in [-0.4, -0.2) is 24.9 Å². The maximum Gasteiger partial charge on any atom is 0.211 e. The highest BCUT2D eigenvalue weighted by molar-refractivity contribution is 5.64. The Bertz CT molecular complexity index is 1050. The molecule has 0 radical (unpaired) electrons. The lowest BCUT2D eigenvalue weighted by Crippen LogP contribution is -2.06. The van der Waals surface area contributed by atoms with Gasteiger partial charge in [0.1, 0.15) is 11.5 Å². The standard InChI is InChI=1S/C20H15FN4O/c21-15-7-2-1-6-14(15)13-25-19(17-9-5-10-20(26)23-17)12-18(24-25)16-8-3-4-11-22-16/h1-12H,13H2,(H,23,26). The highest BCUT2D eigenvalue weighted by atomic mass is 19.1. The van der Waals surface area contributed by atoms with Gasteiger partial charge in [-0.2, -0.15) is 5.10 Å². The zero-order valence-electron chi connectivity index (χ0n) is 13.7. The molecule has 5 nitrogen and oxygen atoms in total. The van der Waals surface area contributed by atoms with Crippen molar-refractivity contribution in [1.82, 2.24) is 19.7 Å². The quantitative estimate of drug-likeness (QED) is 0.609. The van der Waals surface area contributed by atoms with Gasteiger partial charge in [-0.1, -0.05) is 30.3 Å². The lowest BCUT2D eigenvalue weighted by Gasteiger charge is -2.08. The van der Waals surface area contributed by atoms with E-state index in [0.717, 1.165) is 0 Å². The number of aromatic nitrogens is 4. The smallest absolute Gasteiger partial charge is 0.211 e. The Hall–Kier alpha value is -3.54. The van der Waals surface area contributed by atoms with Crippen molar-refractivity contribution in [1.29, 1.82) is 0 Å². The second kappa shape index (κ2) is 6.76. The van der Waals surface area contributed by atoms with Crippen molar-refractivity contribution in [2.45, 2.75) is 6.54 Å². The third kappa shape index (κ3) is 3.17. The van der Waals surface area contributed by atoms with Crippen LogP contribution in [0, 0.1) is 5.82 Å². The summed E-state index contributed by atoms with van der Waals surface area (Å²) in [5.74, 6) is -0.377. The van der Waals surface area contributed by atoms with Gasteiger partial charge in [0.05, 0.1) is 23.6 Å². The second-order valence-corrected chi connectivity index (χ2v) is 5.76. The van der Waals surface area contributed by atoms with Crippen molar-refractivity contribution >= 4 is 0 Å². The molecule has 0 saturated heterocycles. The monoisotopic (exact) mass is 346 g/mol. The summed E-state index contributed by atoms with van der Waals surface area (Å²) >= 11 is 0. The van der Waals surface area contributed by atoms with Crippen LogP contribution in [0.1, 0.15) is 5.56 Å². The Morgan fingerprint density at radius 3 is 2.46 bits per heavy atom. The first-order chi connectivity index (χ1) is 12.7. The summed E-state index contributed by atoms with van der Waals surface area (Å²) in [4.78, 5) is 8.48. The SMILES string of the molecule is Oc1cccc(-c2cc(-c3ccccn3)nn2Cc2ccccc2F)n1. The van der Waals surface area contributed by atoms with E-state index in [0.29, 0.717) is 28.3 Å². The van der Waals surface area contributed by atoms with E-state index in [1.807, 2.05) is 24.3 Å². The number of halogens is 1. The van der Waals surface area contributed by atoms with Crippen molar-refractivity contribution in [2.24, 2.45) is 0 Å². The third-order valence-electron chi connectivity index (χ3n) is 3.98. The molecule has 26 heavy (non-hydrogen) atoms. The topological polar surface area (TPSA) is 63.8 Å². The molecule has 0 aliphatic rings. The van der Waals surface area contributed by atoms with Crippen molar-refractivity contribution < 1.29 is 9.50 Å². The molecule has 0 spiro atoms. The highest BCUT2D eigenvalue weighted by Crippen LogP contribution is 2.26. The van der Waals surface area contributed by atoms with Crippen molar-refractivity contribution in [2.75, 3.05) is 0 Å². The molecule has 0 fully saturated rings. The summed E-state index contributed by atoms with van der Waals surface area (Å²) in [5, 5.41) is 14.3. The maximum absolute atomic E-state index is 14.1. The van der Waals surface area contributed by atoms with Crippen LogP contribution >= 0.6 is 0 Å². The van der Waals surface area contributed by atoms with Crippen LogP contribution in [0.4, 0.5) is 4.39 Å². The number of pyridine rings is 2. The Morgan fingerprint density at radius 1 is 0.885 bits per heavy atom. The molecule has 4 rings (SSSR count). The number of rotatable bonds is 4. The molecule has 1 N–H and O–H groups in total. The van der Waals surface area contributed by atoms with E-state index >= 15 is 0 Å². The number of hydrogen-bond acceptors (Lipinski definition) is 4. The molecular weight excluding hydrogens is 331 g/mol. The lowest BCUT2D eigenvalue weighted by atomic mass is 10.2. The molecule has 128 valence electrons. The van der Waals surface area contributed by atoms with Gasteiger partial charge in [-0.15, -0.1) is 0 Å². The van der Waals surface area contributed by atoms with Gasteiger partial charge in [-0.05, 0) is 30.3 Å². The molecular formula is C20H15FN4O. The Morgan fingerprint density at radius 2 is 1.69 bits per heavy atom. The summed E-state index contributed by atoms with van der Waals surface area (Å²) in [6, 6.07) is 19.0. The van der Waals surface area contributed by atoms with E-state index in [9.17, 15) is 9.50 Å². The largest absolute Gasteiger partial charge is 0.493 e. The molecule has 0 aliphatic carbocycles. The highest BCUT2D eigenvalue weighted by Gasteiger charge is 2.15. The van der Waals surface area contributed by atoms with Crippen LogP contribution in [0.2, 0.25) is 0 Å². The fourth-order valence-electron chi connectivity index (χ4n) is 2.74. The van der Waals surface area contributed by atoms with Crippen LogP contribution in [0.15, 0.2) is 72.9 Å². The van der Waals surface area contributed by atoms with Crippen molar-refractivity contribution in [3.05, 3.63) is 84.3 Å². The van der Waals surface area contributed by atoms with Crippen LogP contribution < -0.4 is 0 Å². The van der Waals surface area contributed by atoms with E-state index in [1.54, 1.807) is 41.2 Å². The van der Waals surface area contributed by atoms with Crippen LogP contribution in [0.5, 0.6) is 5.88 Å². The molecule has 3 heterocycles. The number of benzene rings is 1. The predicted molar refractivity (Wildman–Crippen MR) is 95.9 cm³/mol. The normalized spacial score (nSPS) is 10.8. The van der Waals surface area contributed by atoms with Gasteiger partial charge in [-0.25, -0.2) is 9.37 Å². The minimum absolute atomic E-state index is 0.0828. The zero-order chi connectivity index (χ0) is 17.9. The van der Waals surface area contributed by atoms with E-state index < -0.39 is 0 Å². The Labute approximate surface area is 149 Å².